The van der Waals surface area contributed by atoms with Crippen LogP contribution in [0, 0.1) is 13.8 Å². The van der Waals surface area contributed by atoms with Crippen LogP contribution in [0.3, 0.4) is 0 Å². The Morgan fingerprint density at radius 1 is 1.04 bits per heavy atom. The minimum atomic E-state index is -3.80. The molecule has 0 radical (unpaired) electrons. The Bertz CT molecular complexity index is 877. The molecule has 0 fully saturated rings. The Balaban J connectivity index is 2.00. The molecule has 1 heterocycles. The van der Waals surface area contributed by atoms with E-state index in [1.165, 1.54) is 7.11 Å². The summed E-state index contributed by atoms with van der Waals surface area (Å²) in [6.45, 7) is 4.56. The van der Waals surface area contributed by atoms with Gasteiger partial charge in [0.2, 0.25) is 0 Å². The average Bonchev–Trinajstić information content (AvgIpc) is 2.55. The number of hydrogen-bond acceptors (Lipinski definition) is 5. The summed E-state index contributed by atoms with van der Waals surface area (Å²) in [5, 5.41) is 0. The lowest BCUT2D eigenvalue weighted by molar-refractivity contribution is 0.171. The molecule has 6 nitrogen and oxygen atoms in total. The smallest absolute Gasteiger partial charge is 0.265 e. The zero-order chi connectivity index (χ0) is 17.3. The number of sulfonamides is 1. The second kappa shape index (κ2) is 6.24. The first-order valence-corrected chi connectivity index (χ1v) is 8.97. The van der Waals surface area contributed by atoms with Crippen LogP contribution in [0.25, 0.3) is 0 Å². The topological polar surface area (TPSA) is 73.9 Å². The lowest BCUT2D eigenvalue weighted by Crippen LogP contribution is -2.18. The van der Waals surface area contributed by atoms with E-state index >= 15 is 0 Å². The van der Waals surface area contributed by atoms with Crippen LogP contribution in [0.2, 0.25) is 0 Å². The molecule has 2 aromatic carbocycles. The fourth-order valence-electron chi connectivity index (χ4n) is 2.49. The van der Waals surface area contributed by atoms with E-state index in [4.69, 9.17) is 14.2 Å². The lowest BCUT2D eigenvalue weighted by Gasteiger charge is -2.21. The lowest BCUT2D eigenvalue weighted by atomic mass is 10.2. The summed E-state index contributed by atoms with van der Waals surface area (Å²) in [5.41, 5.74) is 2.02. The van der Waals surface area contributed by atoms with Crippen molar-refractivity contribution < 1.29 is 22.6 Å². The quantitative estimate of drug-likeness (QED) is 0.919. The van der Waals surface area contributed by atoms with Gasteiger partial charge in [-0.15, -0.1) is 0 Å². The Morgan fingerprint density at radius 3 is 2.38 bits per heavy atom. The molecule has 7 heteroatoms. The first kappa shape index (κ1) is 16.4. The number of anilines is 1. The number of benzene rings is 2. The number of rotatable bonds is 4. The second-order valence-corrected chi connectivity index (χ2v) is 7.22. The van der Waals surface area contributed by atoms with Crippen LogP contribution >= 0.6 is 0 Å². The number of methoxy groups -OCH3 is 1. The summed E-state index contributed by atoms with van der Waals surface area (Å²) >= 11 is 0. The van der Waals surface area contributed by atoms with Crippen molar-refractivity contribution in [2.45, 2.75) is 18.7 Å². The fourth-order valence-corrected chi connectivity index (χ4v) is 3.87. The zero-order valence-corrected chi connectivity index (χ0v) is 14.6. The molecule has 3 rings (SSSR count). The highest BCUT2D eigenvalue weighted by Crippen LogP contribution is 2.36. The van der Waals surface area contributed by atoms with Crippen LogP contribution in [0.4, 0.5) is 5.69 Å². The third-order valence-corrected chi connectivity index (χ3v) is 5.13. The van der Waals surface area contributed by atoms with Gasteiger partial charge in [-0.3, -0.25) is 4.72 Å². The molecule has 0 saturated carbocycles. The fraction of sp³-hybridized carbons (Fsp3) is 0.294. The van der Waals surface area contributed by atoms with Crippen molar-refractivity contribution >= 4 is 15.7 Å². The zero-order valence-electron chi connectivity index (χ0n) is 13.8. The van der Waals surface area contributed by atoms with E-state index in [0.717, 1.165) is 11.1 Å². The monoisotopic (exact) mass is 349 g/mol. The SMILES string of the molecule is COc1ccc(C)cc1S(=O)(=O)Nc1cc2c(cc1C)OCCO2. The van der Waals surface area contributed by atoms with E-state index in [1.54, 1.807) is 30.3 Å². The Morgan fingerprint density at radius 2 is 1.71 bits per heavy atom. The van der Waals surface area contributed by atoms with Gasteiger partial charge in [0.1, 0.15) is 23.9 Å². The standard InChI is InChI=1S/C17H19NO5S/c1-11-4-5-14(21-3)17(8-11)24(19,20)18-13-10-16-15(9-12(13)2)22-6-7-23-16/h4-5,8-10,18H,6-7H2,1-3H3. The van der Waals surface area contributed by atoms with Crippen molar-refractivity contribution in [3.05, 3.63) is 41.5 Å². The molecule has 0 amide bonds. The van der Waals surface area contributed by atoms with Crippen molar-refractivity contribution in [1.82, 2.24) is 0 Å². The van der Waals surface area contributed by atoms with Crippen molar-refractivity contribution in [1.29, 1.82) is 0 Å². The summed E-state index contributed by atoms with van der Waals surface area (Å²) in [4.78, 5) is 0.0966. The maximum absolute atomic E-state index is 12.8. The second-order valence-electron chi connectivity index (χ2n) is 5.57. The van der Waals surface area contributed by atoms with Crippen LogP contribution in [-0.2, 0) is 10.0 Å². The van der Waals surface area contributed by atoms with Crippen LogP contribution in [0.1, 0.15) is 11.1 Å². The van der Waals surface area contributed by atoms with Gasteiger partial charge in [0.25, 0.3) is 10.0 Å². The number of fused-ring (bicyclic) bond motifs is 1. The molecule has 1 aliphatic heterocycles. The van der Waals surface area contributed by atoms with Gasteiger partial charge in [-0.05, 0) is 43.2 Å². The highest BCUT2D eigenvalue weighted by atomic mass is 32.2. The molecule has 0 aliphatic carbocycles. The summed E-state index contributed by atoms with van der Waals surface area (Å²) in [5.74, 6) is 1.44. The predicted molar refractivity (Wildman–Crippen MR) is 90.7 cm³/mol. The molecule has 0 spiro atoms. The van der Waals surface area contributed by atoms with Crippen LogP contribution in [0.5, 0.6) is 17.2 Å². The molecule has 0 saturated heterocycles. The predicted octanol–water partition coefficient (Wildman–Crippen LogP) is 2.88. The minimum Gasteiger partial charge on any atom is -0.495 e. The van der Waals surface area contributed by atoms with E-state index in [-0.39, 0.29) is 4.90 Å². The van der Waals surface area contributed by atoms with Crippen LogP contribution in [0.15, 0.2) is 35.2 Å². The van der Waals surface area contributed by atoms with E-state index in [0.29, 0.717) is 36.1 Å². The minimum absolute atomic E-state index is 0.0966. The summed E-state index contributed by atoms with van der Waals surface area (Å²) < 4.78 is 44.4. The summed E-state index contributed by atoms with van der Waals surface area (Å²) in [6, 6.07) is 8.42. The third-order valence-electron chi connectivity index (χ3n) is 3.74. The molecule has 2 aromatic rings. The Hall–Kier alpha value is -2.41. The number of ether oxygens (including phenoxy) is 3. The molecule has 0 aromatic heterocycles. The molecule has 1 N–H and O–H groups in total. The molecule has 24 heavy (non-hydrogen) atoms. The first-order valence-electron chi connectivity index (χ1n) is 7.48. The highest BCUT2D eigenvalue weighted by Gasteiger charge is 2.22. The van der Waals surface area contributed by atoms with Gasteiger partial charge in [-0.2, -0.15) is 0 Å². The van der Waals surface area contributed by atoms with Crippen molar-refractivity contribution in [3.8, 4) is 17.2 Å². The van der Waals surface area contributed by atoms with E-state index in [2.05, 4.69) is 4.72 Å². The molecular formula is C17H19NO5S. The van der Waals surface area contributed by atoms with Gasteiger partial charge >= 0.3 is 0 Å². The number of nitrogens with one attached hydrogen (secondary N) is 1. The van der Waals surface area contributed by atoms with E-state index in [9.17, 15) is 8.42 Å². The normalized spacial score (nSPS) is 13.5. The average molecular weight is 349 g/mol. The van der Waals surface area contributed by atoms with Crippen molar-refractivity contribution in [2.75, 3.05) is 25.0 Å². The van der Waals surface area contributed by atoms with Crippen LogP contribution in [-0.4, -0.2) is 28.7 Å². The maximum atomic E-state index is 12.8. The maximum Gasteiger partial charge on any atom is 0.265 e. The molecule has 1 aliphatic rings. The van der Waals surface area contributed by atoms with Gasteiger partial charge in [0.15, 0.2) is 11.5 Å². The van der Waals surface area contributed by atoms with Crippen molar-refractivity contribution in [3.63, 3.8) is 0 Å². The van der Waals surface area contributed by atoms with Gasteiger partial charge in [0, 0.05) is 6.07 Å². The third kappa shape index (κ3) is 3.12. The Kier molecular flexibility index (Phi) is 4.28. The van der Waals surface area contributed by atoms with Gasteiger partial charge in [0.05, 0.1) is 12.8 Å². The molecule has 0 unspecified atom stereocenters. The Labute approximate surface area is 141 Å². The first-order chi connectivity index (χ1) is 11.4. The molecule has 0 atom stereocenters. The summed E-state index contributed by atoms with van der Waals surface area (Å²) in [6.07, 6.45) is 0. The molecular weight excluding hydrogens is 330 g/mol. The molecule has 128 valence electrons. The van der Waals surface area contributed by atoms with Crippen molar-refractivity contribution in [2.24, 2.45) is 0 Å². The van der Waals surface area contributed by atoms with Gasteiger partial charge in [-0.1, -0.05) is 6.07 Å². The van der Waals surface area contributed by atoms with E-state index < -0.39 is 10.0 Å². The summed E-state index contributed by atoms with van der Waals surface area (Å²) in [7, 11) is -2.36. The number of hydrogen-bond donors (Lipinski definition) is 1. The van der Waals surface area contributed by atoms with Gasteiger partial charge in [-0.25, -0.2) is 8.42 Å². The van der Waals surface area contributed by atoms with Crippen LogP contribution < -0.4 is 18.9 Å². The molecule has 0 bridgehead atoms. The van der Waals surface area contributed by atoms with E-state index in [1.807, 2.05) is 13.8 Å². The van der Waals surface area contributed by atoms with Gasteiger partial charge < -0.3 is 14.2 Å². The largest absolute Gasteiger partial charge is 0.495 e. The number of aryl methyl sites for hydroxylation is 2. The highest BCUT2D eigenvalue weighted by molar-refractivity contribution is 7.92.